The molecule has 6 nitrogen and oxygen atoms in total. The lowest BCUT2D eigenvalue weighted by Crippen LogP contribution is -2.63. The van der Waals surface area contributed by atoms with Crippen molar-refractivity contribution in [3.05, 3.63) is 53.9 Å². The maximum absolute atomic E-state index is 13.2. The molecule has 1 amide bonds. The summed E-state index contributed by atoms with van der Waals surface area (Å²) < 4.78 is 0. The number of carbonyl (C=O) groups is 1. The van der Waals surface area contributed by atoms with Crippen molar-refractivity contribution < 1.29 is 4.79 Å². The van der Waals surface area contributed by atoms with Crippen LogP contribution in [0.2, 0.25) is 0 Å². The highest BCUT2D eigenvalue weighted by molar-refractivity contribution is 6.10. The summed E-state index contributed by atoms with van der Waals surface area (Å²) in [5.41, 5.74) is 2.96. The molecule has 152 valence electrons. The fourth-order valence-electron chi connectivity index (χ4n) is 4.04. The van der Waals surface area contributed by atoms with Crippen LogP contribution in [0.15, 0.2) is 47.6 Å². The molecule has 0 bridgehead atoms. The number of piperidine rings is 1. The van der Waals surface area contributed by atoms with Gasteiger partial charge in [-0.1, -0.05) is 12.1 Å². The van der Waals surface area contributed by atoms with E-state index < -0.39 is 5.54 Å². The van der Waals surface area contributed by atoms with Gasteiger partial charge >= 0.3 is 0 Å². The molecule has 6 heteroatoms. The molecule has 2 aliphatic rings. The van der Waals surface area contributed by atoms with E-state index in [4.69, 9.17) is 4.99 Å². The minimum Gasteiger partial charge on any atom is -0.370 e. The summed E-state index contributed by atoms with van der Waals surface area (Å²) in [5.74, 6) is 0.926. The van der Waals surface area contributed by atoms with Gasteiger partial charge in [-0.15, -0.1) is 0 Å². The molecule has 29 heavy (non-hydrogen) atoms. The van der Waals surface area contributed by atoms with E-state index in [-0.39, 0.29) is 11.4 Å². The predicted octanol–water partition coefficient (Wildman–Crippen LogP) is 4.10. The number of anilines is 2. The third-order valence-corrected chi connectivity index (χ3v) is 5.39. The topological polar surface area (TPSA) is 69.6 Å². The Hall–Kier alpha value is -2.89. The summed E-state index contributed by atoms with van der Waals surface area (Å²) in [6.07, 6.45) is 3.50. The average Bonchev–Trinajstić information content (AvgIpc) is 2.68. The van der Waals surface area contributed by atoms with Gasteiger partial charge in [0.1, 0.15) is 11.4 Å². The largest absolute Gasteiger partial charge is 0.370 e. The van der Waals surface area contributed by atoms with Gasteiger partial charge in [0, 0.05) is 18.4 Å². The third-order valence-electron chi connectivity index (χ3n) is 5.39. The number of nitrogens with one attached hydrogen (secondary N) is 2. The molecule has 1 atom stereocenters. The standard InChI is InChI=1S/C23H29N5O/c1-16-10-11-17(14-24-16)20(29)28-13-7-12-23(15-28)21(27-22(2,3)4)25-18-8-5-6-9-19(18)26-23/h5-6,8-11,14,26H,7,12-13,15H2,1-4H3,(H,25,27)/t23-/m0/s1. The Bertz CT molecular complexity index is 944. The summed E-state index contributed by atoms with van der Waals surface area (Å²) in [5, 5.41) is 7.29. The second-order valence-corrected chi connectivity index (χ2v) is 9.03. The number of pyridine rings is 1. The molecular formula is C23H29N5O. The van der Waals surface area contributed by atoms with Crippen molar-refractivity contribution in [2.75, 3.05) is 23.7 Å². The molecule has 1 spiro atoms. The monoisotopic (exact) mass is 391 g/mol. The Labute approximate surface area is 172 Å². The zero-order valence-corrected chi connectivity index (χ0v) is 17.6. The van der Waals surface area contributed by atoms with Crippen LogP contribution < -0.4 is 10.6 Å². The van der Waals surface area contributed by atoms with Crippen molar-refractivity contribution in [2.45, 2.75) is 51.6 Å². The SMILES string of the molecule is Cc1ccc(C(=O)N2CCC[C@@]3(C2)Nc2ccccc2NC3=NC(C)(C)C)cn1. The predicted molar refractivity (Wildman–Crippen MR) is 118 cm³/mol. The van der Waals surface area contributed by atoms with Crippen LogP contribution in [-0.4, -0.2) is 45.8 Å². The Balaban J connectivity index is 1.69. The van der Waals surface area contributed by atoms with Gasteiger partial charge in [-0.3, -0.25) is 14.8 Å². The smallest absolute Gasteiger partial charge is 0.255 e. The Morgan fingerprint density at radius 3 is 2.62 bits per heavy atom. The first kappa shape index (κ1) is 19.4. The first-order chi connectivity index (χ1) is 13.8. The molecule has 0 unspecified atom stereocenters. The summed E-state index contributed by atoms with van der Waals surface area (Å²) in [6, 6.07) is 11.9. The number of amidine groups is 1. The molecule has 3 heterocycles. The number of aryl methyl sites for hydroxylation is 1. The molecule has 0 aliphatic carbocycles. The van der Waals surface area contributed by atoms with Gasteiger partial charge in [0.15, 0.2) is 0 Å². The lowest BCUT2D eigenvalue weighted by molar-refractivity contribution is 0.0694. The summed E-state index contributed by atoms with van der Waals surface area (Å²) >= 11 is 0. The van der Waals surface area contributed by atoms with Crippen molar-refractivity contribution in [1.82, 2.24) is 9.88 Å². The van der Waals surface area contributed by atoms with Crippen molar-refractivity contribution in [3.8, 4) is 0 Å². The molecule has 2 aromatic rings. The number of hydrogen-bond acceptors (Lipinski definition) is 4. The van der Waals surface area contributed by atoms with Gasteiger partial charge in [0.05, 0.1) is 29.0 Å². The zero-order chi connectivity index (χ0) is 20.6. The molecule has 1 aromatic carbocycles. The van der Waals surface area contributed by atoms with E-state index in [1.54, 1.807) is 6.20 Å². The molecule has 1 fully saturated rings. The molecule has 0 saturated carbocycles. The average molecular weight is 392 g/mol. The number of amides is 1. The number of aliphatic imine (C=N–C) groups is 1. The van der Waals surface area contributed by atoms with Gasteiger partial charge in [-0.05, 0) is 64.8 Å². The first-order valence-corrected chi connectivity index (χ1v) is 10.2. The van der Waals surface area contributed by atoms with Gasteiger partial charge < -0.3 is 15.5 Å². The number of para-hydroxylation sites is 2. The van der Waals surface area contributed by atoms with E-state index in [9.17, 15) is 4.79 Å². The number of aromatic nitrogens is 1. The second-order valence-electron chi connectivity index (χ2n) is 9.03. The lowest BCUT2D eigenvalue weighted by atomic mass is 9.84. The zero-order valence-electron chi connectivity index (χ0n) is 17.6. The van der Waals surface area contributed by atoms with Crippen LogP contribution in [0.1, 0.15) is 49.7 Å². The first-order valence-electron chi connectivity index (χ1n) is 10.2. The van der Waals surface area contributed by atoms with Crippen LogP contribution >= 0.6 is 0 Å². The van der Waals surface area contributed by atoms with Gasteiger partial charge in [0.25, 0.3) is 5.91 Å². The van der Waals surface area contributed by atoms with E-state index >= 15 is 0 Å². The van der Waals surface area contributed by atoms with Crippen molar-refractivity contribution in [3.63, 3.8) is 0 Å². The second kappa shape index (κ2) is 7.17. The normalized spacial score (nSPS) is 22.8. The highest BCUT2D eigenvalue weighted by atomic mass is 16.2. The Morgan fingerprint density at radius 1 is 1.17 bits per heavy atom. The third kappa shape index (κ3) is 3.97. The summed E-state index contributed by atoms with van der Waals surface area (Å²) in [4.78, 5) is 24.4. The molecule has 1 aromatic heterocycles. The maximum Gasteiger partial charge on any atom is 0.255 e. The van der Waals surface area contributed by atoms with Crippen LogP contribution in [0.4, 0.5) is 11.4 Å². The quantitative estimate of drug-likeness (QED) is 0.768. The van der Waals surface area contributed by atoms with Crippen LogP contribution in [0.5, 0.6) is 0 Å². The van der Waals surface area contributed by atoms with Crippen molar-refractivity contribution in [2.24, 2.45) is 4.99 Å². The highest BCUT2D eigenvalue weighted by Gasteiger charge is 2.45. The number of carbonyl (C=O) groups excluding carboxylic acids is 1. The number of hydrogen-bond donors (Lipinski definition) is 2. The lowest BCUT2D eigenvalue weighted by Gasteiger charge is -2.47. The summed E-state index contributed by atoms with van der Waals surface area (Å²) in [6.45, 7) is 9.52. The number of nitrogens with zero attached hydrogens (tertiary/aromatic N) is 3. The van der Waals surface area contributed by atoms with Gasteiger partial charge in [-0.2, -0.15) is 0 Å². The van der Waals surface area contributed by atoms with E-state index in [1.165, 1.54) is 0 Å². The maximum atomic E-state index is 13.2. The number of fused-ring (bicyclic) bond motifs is 1. The molecule has 2 N–H and O–H groups in total. The van der Waals surface area contributed by atoms with Crippen LogP contribution in [-0.2, 0) is 0 Å². The van der Waals surface area contributed by atoms with Gasteiger partial charge in [0.2, 0.25) is 0 Å². The fraction of sp³-hybridized carbons (Fsp3) is 0.435. The minimum absolute atomic E-state index is 0.0207. The van der Waals surface area contributed by atoms with E-state index in [2.05, 4.69) is 48.5 Å². The number of benzene rings is 1. The number of likely N-dealkylation sites (tertiary alicyclic amines) is 1. The number of rotatable bonds is 1. The molecular weight excluding hydrogens is 362 g/mol. The highest BCUT2D eigenvalue weighted by Crippen LogP contribution is 2.37. The summed E-state index contributed by atoms with van der Waals surface area (Å²) in [7, 11) is 0. The van der Waals surface area contributed by atoms with Crippen LogP contribution in [0.25, 0.3) is 0 Å². The van der Waals surface area contributed by atoms with E-state index in [0.717, 1.165) is 42.3 Å². The Morgan fingerprint density at radius 2 is 1.93 bits per heavy atom. The van der Waals surface area contributed by atoms with Crippen molar-refractivity contribution in [1.29, 1.82) is 0 Å². The molecule has 1 saturated heterocycles. The van der Waals surface area contributed by atoms with E-state index in [0.29, 0.717) is 12.1 Å². The van der Waals surface area contributed by atoms with Crippen molar-refractivity contribution >= 4 is 23.1 Å². The molecule has 2 aliphatic heterocycles. The van der Waals surface area contributed by atoms with E-state index in [1.807, 2.05) is 36.1 Å². The van der Waals surface area contributed by atoms with Crippen LogP contribution in [0.3, 0.4) is 0 Å². The molecule has 4 rings (SSSR count). The van der Waals surface area contributed by atoms with Crippen LogP contribution in [0, 0.1) is 6.92 Å². The molecule has 0 radical (unpaired) electrons. The van der Waals surface area contributed by atoms with Gasteiger partial charge in [-0.25, -0.2) is 0 Å². The minimum atomic E-state index is -0.423. The fourth-order valence-corrected chi connectivity index (χ4v) is 4.04. The Kier molecular flexibility index (Phi) is 4.81.